The number of rotatable bonds is 2. The van der Waals surface area contributed by atoms with E-state index < -0.39 is 0 Å². The lowest BCUT2D eigenvalue weighted by molar-refractivity contribution is -0.108. The highest BCUT2D eigenvalue weighted by atomic mass is 35.5. The molecule has 2 heterocycles. The third-order valence-corrected chi connectivity index (χ3v) is 5.78. The lowest BCUT2D eigenvalue weighted by Crippen LogP contribution is -2.51. The monoisotopic (exact) mass is 327 g/mol. The first-order valence-corrected chi connectivity index (χ1v) is 8.71. The van der Waals surface area contributed by atoms with E-state index in [2.05, 4.69) is 54.3 Å². The number of hydrogen-bond donors (Lipinski definition) is 0. The molecule has 23 heavy (non-hydrogen) atoms. The van der Waals surface area contributed by atoms with E-state index in [0.717, 1.165) is 31.1 Å². The fraction of sp³-hybridized carbons (Fsp3) is 0.400. The minimum Gasteiger partial charge on any atom is -0.370 e. The van der Waals surface area contributed by atoms with Crippen LogP contribution in [0.5, 0.6) is 0 Å². The van der Waals surface area contributed by atoms with Gasteiger partial charge in [-0.1, -0.05) is 54.1 Å². The van der Waals surface area contributed by atoms with Gasteiger partial charge in [0.2, 0.25) is 0 Å². The summed E-state index contributed by atoms with van der Waals surface area (Å²) in [6.45, 7) is 6.02. The van der Waals surface area contributed by atoms with Crippen molar-refractivity contribution in [1.82, 2.24) is 4.90 Å². The molecular weight excluding hydrogens is 306 g/mol. The van der Waals surface area contributed by atoms with Crippen LogP contribution in [0.1, 0.15) is 36.0 Å². The highest BCUT2D eigenvalue weighted by molar-refractivity contribution is 6.31. The topological polar surface area (TPSA) is 12.5 Å². The van der Waals surface area contributed by atoms with Crippen LogP contribution in [0.15, 0.2) is 48.5 Å². The Labute approximate surface area is 143 Å². The Bertz CT molecular complexity index is 702. The van der Waals surface area contributed by atoms with Crippen molar-refractivity contribution in [2.75, 3.05) is 13.1 Å². The van der Waals surface area contributed by atoms with Crippen molar-refractivity contribution in [3.05, 3.63) is 70.2 Å². The summed E-state index contributed by atoms with van der Waals surface area (Å²) in [6, 6.07) is 17.0. The molecule has 2 aromatic carbocycles. The minimum atomic E-state index is -0.0646. The number of nitrogens with zero attached hydrogens (tertiary/aromatic N) is 1. The summed E-state index contributed by atoms with van der Waals surface area (Å²) in [7, 11) is 0. The van der Waals surface area contributed by atoms with Gasteiger partial charge in [0.25, 0.3) is 0 Å². The van der Waals surface area contributed by atoms with Crippen molar-refractivity contribution < 1.29 is 4.74 Å². The Hall–Kier alpha value is -1.35. The van der Waals surface area contributed by atoms with Gasteiger partial charge >= 0.3 is 0 Å². The van der Waals surface area contributed by atoms with E-state index in [1.54, 1.807) is 0 Å². The number of piperidine rings is 1. The smallest absolute Gasteiger partial charge is 0.0751 e. The normalized spacial score (nSPS) is 27.3. The molecule has 2 nitrogen and oxygen atoms in total. The van der Waals surface area contributed by atoms with Gasteiger partial charge in [-0.3, -0.25) is 4.90 Å². The average molecular weight is 328 g/mol. The first kappa shape index (κ1) is 15.2. The van der Waals surface area contributed by atoms with Crippen LogP contribution in [-0.4, -0.2) is 23.6 Å². The first-order chi connectivity index (χ1) is 11.2. The van der Waals surface area contributed by atoms with Crippen molar-refractivity contribution in [3.63, 3.8) is 0 Å². The van der Waals surface area contributed by atoms with E-state index in [1.165, 1.54) is 16.7 Å². The number of benzene rings is 2. The van der Waals surface area contributed by atoms with Crippen LogP contribution in [0.2, 0.25) is 5.02 Å². The molecular formula is C20H22ClNO. The minimum absolute atomic E-state index is 0.0646. The fourth-order valence-electron chi connectivity index (χ4n) is 3.97. The van der Waals surface area contributed by atoms with Gasteiger partial charge < -0.3 is 4.74 Å². The zero-order valence-corrected chi connectivity index (χ0v) is 14.2. The number of likely N-dealkylation sites (tertiary alicyclic amines) is 1. The van der Waals surface area contributed by atoms with E-state index in [4.69, 9.17) is 16.3 Å². The summed E-state index contributed by atoms with van der Waals surface area (Å²) < 4.78 is 6.26. The van der Waals surface area contributed by atoms with E-state index in [9.17, 15) is 0 Å². The molecule has 0 aromatic heterocycles. The standard InChI is InChI=1S/C20H22ClNO/c1-20-10-11-22(12-15-6-3-2-4-7-15)13-18(20)16-8-5-9-19(21)17(16)14-23-20/h2-9,18H,10-14H2,1H3/t18-,20+/m0/s1. The van der Waals surface area contributed by atoms with Gasteiger partial charge in [0.15, 0.2) is 0 Å². The molecule has 0 radical (unpaired) electrons. The summed E-state index contributed by atoms with van der Waals surface area (Å²) in [5.41, 5.74) is 3.87. The molecule has 0 unspecified atom stereocenters. The molecule has 0 aliphatic carbocycles. The van der Waals surface area contributed by atoms with Crippen LogP contribution in [0.25, 0.3) is 0 Å². The Kier molecular flexibility index (Phi) is 3.92. The zero-order valence-electron chi connectivity index (χ0n) is 13.5. The molecule has 1 fully saturated rings. The fourth-order valence-corrected chi connectivity index (χ4v) is 4.21. The highest BCUT2D eigenvalue weighted by Gasteiger charge is 2.44. The van der Waals surface area contributed by atoms with E-state index >= 15 is 0 Å². The molecule has 2 aromatic rings. The van der Waals surface area contributed by atoms with Crippen LogP contribution >= 0.6 is 11.6 Å². The Morgan fingerprint density at radius 3 is 2.83 bits per heavy atom. The number of fused-ring (bicyclic) bond motifs is 3. The van der Waals surface area contributed by atoms with E-state index in [1.807, 2.05) is 6.07 Å². The van der Waals surface area contributed by atoms with Gasteiger partial charge in [0, 0.05) is 30.6 Å². The third-order valence-electron chi connectivity index (χ3n) is 5.43. The average Bonchev–Trinajstić information content (AvgIpc) is 2.56. The van der Waals surface area contributed by atoms with Crippen LogP contribution in [0, 0.1) is 0 Å². The second-order valence-corrected chi connectivity index (χ2v) is 7.34. The first-order valence-electron chi connectivity index (χ1n) is 8.33. The number of hydrogen-bond acceptors (Lipinski definition) is 2. The molecule has 120 valence electrons. The maximum atomic E-state index is 6.39. The number of ether oxygens (including phenoxy) is 1. The Morgan fingerprint density at radius 2 is 2.00 bits per heavy atom. The van der Waals surface area contributed by atoms with Gasteiger partial charge in [-0.15, -0.1) is 0 Å². The lowest BCUT2D eigenvalue weighted by Gasteiger charge is -2.49. The SMILES string of the molecule is C[C@@]12CCN(Cc3ccccc3)C[C@H]1c1cccc(Cl)c1CO2. The third kappa shape index (κ3) is 2.80. The summed E-state index contributed by atoms with van der Waals surface area (Å²) in [5.74, 6) is 0.391. The highest BCUT2D eigenvalue weighted by Crippen LogP contribution is 2.45. The van der Waals surface area contributed by atoms with E-state index in [-0.39, 0.29) is 5.60 Å². The molecule has 0 amide bonds. The van der Waals surface area contributed by atoms with Gasteiger partial charge in [-0.2, -0.15) is 0 Å². The molecule has 2 aliphatic rings. The maximum Gasteiger partial charge on any atom is 0.0751 e. The molecule has 0 spiro atoms. The Morgan fingerprint density at radius 1 is 1.17 bits per heavy atom. The van der Waals surface area contributed by atoms with Crippen LogP contribution in [0.4, 0.5) is 0 Å². The molecule has 2 aliphatic heterocycles. The second-order valence-electron chi connectivity index (χ2n) is 6.93. The maximum absolute atomic E-state index is 6.39. The molecule has 4 rings (SSSR count). The van der Waals surface area contributed by atoms with Crippen LogP contribution in [0.3, 0.4) is 0 Å². The zero-order chi connectivity index (χ0) is 15.9. The van der Waals surface area contributed by atoms with Crippen LogP contribution < -0.4 is 0 Å². The van der Waals surface area contributed by atoms with Crippen LogP contribution in [-0.2, 0) is 17.9 Å². The second kappa shape index (κ2) is 5.94. The van der Waals surface area contributed by atoms with Crippen molar-refractivity contribution in [2.24, 2.45) is 0 Å². The lowest BCUT2D eigenvalue weighted by atomic mass is 9.74. The molecule has 0 bridgehead atoms. The number of halogens is 1. The summed E-state index contributed by atoms with van der Waals surface area (Å²) >= 11 is 6.39. The predicted molar refractivity (Wildman–Crippen MR) is 93.7 cm³/mol. The van der Waals surface area contributed by atoms with Crippen molar-refractivity contribution in [2.45, 2.75) is 38.0 Å². The molecule has 3 heteroatoms. The quantitative estimate of drug-likeness (QED) is 0.798. The van der Waals surface area contributed by atoms with Crippen molar-refractivity contribution in [1.29, 1.82) is 0 Å². The summed E-state index contributed by atoms with van der Waals surface area (Å²) in [5, 5.41) is 0.838. The van der Waals surface area contributed by atoms with Crippen molar-refractivity contribution in [3.8, 4) is 0 Å². The molecule has 1 saturated heterocycles. The molecule has 2 atom stereocenters. The predicted octanol–water partition coefficient (Wildman–Crippen LogP) is 4.62. The van der Waals surface area contributed by atoms with Gasteiger partial charge in [-0.05, 0) is 36.1 Å². The molecule has 0 saturated carbocycles. The van der Waals surface area contributed by atoms with Gasteiger partial charge in [0.05, 0.1) is 12.2 Å². The molecule has 0 N–H and O–H groups in total. The van der Waals surface area contributed by atoms with E-state index in [0.29, 0.717) is 12.5 Å². The van der Waals surface area contributed by atoms with Crippen molar-refractivity contribution >= 4 is 11.6 Å². The Balaban J connectivity index is 1.61. The summed E-state index contributed by atoms with van der Waals surface area (Å²) in [6.07, 6.45) is 1.07. The van der Waals surface area contributed by atoms with Gasteiger partial charge in [0.1, 0.15) is 0 Å². The summed E-state index contributed by atoms with van der Waals surface area (Å²) in [4.78, 5) is 2.54. The van der Waals surface area contributed by atoms with Gasteiger partial charge in [-0.25, -0.2) is 0 Å². The largest absolute Gasteiger partial charge is 0.370 e.